The Morgan fingerprint density at radius 2 is 2.11 bits per heavy atom. The van der Waals surface area contributed by atoms with E-state index in [9.17, 15) is 14.9 Å². The molecule has 1 aromatic heterocycles. The summed E-state index contributed by atoms with van der Waals surface area (Å²) in [7, 11) is 0. The molecule has 0 atom stereocenters. The normalized spacial score (nSPS) is 10.2. The van der Waals surface area contributed by atoms with Crippen molar-refractivity contribution >= 4 is 28.9 Å². The zero-order valence-electron chi connectivity index (χ0n) is 9.62. The van der Waals surface area contributed by atoms with Gasteiger partial charge in [-0.3, -0.25) is 19.6 Å². The summed E-state index contributed by atoms with van der Waals surface area (Å²) >= 11 is 5.67. The maximum Gasteiger partial charge on any atom is 0.269 e. The smallest absolute Gasteiger partial charge is 0.269 e. The largest absolute Gasteiger partial charge is 0.324 e. The van der Waals surface area contributed by atoms with E-state index in [1.807, 2.05) is 0 Å². The summed E-state index contributed by atoms with van der Waals surface area (Å²) in [6.07, 6.45) is 2.96. The number of nitro groups is 1. The molecule has 0 aliphatic rings. The van der Waals surface area contributed by atoms with Crippen LogP contribution in [0.3, 0.4) is 0 Å². The van der Waals surface area contributed by atoms with Crippen molar-refractivity contribution in [2.24, 2.45) is 0 Å². The van der Waals surface area contributed by atoms with Crippen molar-refractivity contribution < 1.29 is 9.72 Å². The molecule has 0 aliphatic carbocycles. The predicted molar refractivity (Wildman–Crippen MR) is 69.0 cm³/mol. The highest BCUT2D eigenvalue weighted by Gasteiger charge is 2.07. The van der Waals surface area contributed by atoms with Gasteiger partial charge in [0.15, 0.2) is 0 Å². The molecule has 0 saturated carbocycles. The number of aromatic nitrogens is 2. The van der Waals surface area contributed by atoms with Gasteiger partial charge < -0.3 is 5.32 Å². The van der Waals surface area contributed by atoms with Gasteiger partial charge in [0.2, 0.25) is 5.91 Å². The van der Waals surface area contributed by atoms with Crippen LogP contribution in [0.1, 0.15) is 0 Å². The van der Waals surface area contributed by atoms with Crippen LogP contribution in [-0.2, 0) is 11.3 Å². The second-order valence-corrected chi connectivity index (χ2v) is 4.14. The fourth-order valence-electron chi connectivity index (χ4n) is 1.44. The number of rotatable bonds is 4. The zero-order chi connectivity index (χ0) is 13.8. The second-order valence-electron chi connectivity index (χ2n) is 3.71. The summed E-state index contributed by atoms with van der Waals surface area (Å²) in [5.41, 5.74) is 0.450. The SMILES string of the molecule is O=C(Cn1cc(Cl)cn1)Nc1ccc([N+](=O)[O-])cc1. The summed E-state index contributed by atoms with van der Waals surface area (Å²) in [5, 5.41) is 17.4. The molecule has 7 nitrogen and oxygen atoms in total. The van der Waals surface area contributed by atoms with E-state index in [-0.39, 0.29) is 18.1 Å². The van der Waals surface area contributed by atoms with Crippen molar-refractivity contribution in [1.82, 2.24) is 9.78 Å². The quantitative estimate of drug-likeness (QED) is 0.686. The van der Waals surface area contributed by atoms with Crippen LogP contribution in [0.2, 0.25) is 5.02 Å². The first-order chi connectivity index (χ1) is 9.04. The lowest BCUT2D eigenvalue weighted by molar-refractivity contribution is -0.384. The van der Waals surface area contributed by atoms with Gasteiger partial charge in [0.25, 0.3) is 5.69 Å². The van der Waals surface area contributed by atoms with E-state index in [0.29, 0.717) is 10.7 Å². The first-order valence-electron chi connectivity index (χ1n) is 5.27. The Kier molecular flexibility index (Phi) is 3.76. The zero-order valence-corrected chi connectivity index (χ0v) is 10.4. The summed E-state index contributed by atoms with van der Waals surface area (Å²) in [5.74, 6) is -0.298. The second kappa shape index (κ2) is 5.49. The number of nitrogens with zero attached hydrogens (tertiary/aromatic N) is 3. The minimum atomic E-state index is -0.503. The van der Waals surface area contributed by atoms with E-state index < -0.39 is 4.92 Å². The topological polar surface area (TPSA) is 90.1 Å². The Labute approximate surface area is 112 Å². The maximum atomic E-state index is 11.7. The van der Waals surface area contributed by atoms with Crippen LogP contribution in [0.4, 0.5) is 11.4 Å². The van der Waals surface area contributed by atoms with Crippen LogP contribution in [0.15, 0.2) is 36.7 Å². The number of carbonyl (C=O) groups excluding carboxylic acids is 1. The highest BCUT2D eigenvalue weighted by atomic mass is 35.5. The van der Waals surface area contributed by atoms with Gasteiger partial charge in [0.1, 0.15) is 6.54 Å². The minimum absolute atomic E-state index is 0.0176. The molecule has 0 bridgehead atoms. The highest BCUT2D eigenvalue weighted by molar-refractivity contribution is 6.30. The van der Waals surface area contributed by atoms with Gasteiger partial charge in [-0.2, -0.15) is 5.10 Å². The Morgan fingerprint density at radius 3 is 2.63 bits per heavy atom. The van der Waals surface area contributed by atoms with E-state index in [1.54, 1.807) is 0 Å². The number of nitrogens with one attached hydrogen (secondary N) is 1. The summed E-state index contributed by atoms with van der Waals surface area (Å²) in [4.78, 5) is 21.6. The van der Waals surface area contributed by atoms with Crippen molar-refractivity contribution in [3.8, 4) is 0 Å². The molecule has 1 amide bonds. The predicted octanol–water partition coefficient (Wildman–Crippen LogP) is 2.08. The number of carbonyl (C=O) groups is 1. The maximum absolute atomic E-state index is 11.7. The number of halogens is 1. The van der Waals surface area contributed by atoms with E-state index in [0.717, 1.165) is 0 Å². The van der Waals surface area contributed by atoms with Gasteiger partial charge in [0.05, 0.1) is 16.1 Å². The van der Waals surface area contributed by atoms with Crippen LogP contribution in [-0.4, -0.2) is 20.6 Å². The molecule has 19 heavy (non-hydrogen) atoms. The first kappa shape index (κ1) is 13.0. The van der Waals surface area contributed by atoms with Crippen molar-refractivity contribution in [3.63, 3.8) is 0 Å². The summed E-state index contributed by atoms with van der Waals surface area (Å²) < 4.78 is 1.39. The molecule has 0 fully saturated rings. The lowest BCUT2D eigenvalue weighted by Crippen LogP contribution is -2.18. The molecule has 1 N–H and O–H groups in total. The first-order valence-corrected chi connectivity index (χ1v) is 5.64. The van der Waals surface area contributed by atoms with Gasteiger partial charge in [-0.25, -0.2) is 0 Å². The van der Waals surface area contributed by atoms with Gasteiger partial charge >= 0.3 is 0 Å². The van der Waals surface area contributed by atoms with Crippen molar-refractivity contribution in [2.75, 3.05) is 5.32 Å². The molecule has 2 rings (SSSR count). The fourth-order valence-corrected chi connectivity index (χ4v) is 1.60. The lowest BCUT2D eigenvalue weighted by Gasteiger charge is -2.04. The van der Waals surface area contributed by atoms with Crippen LogP contribution in [0.25, 0.3) is 0 Å². The standard InChI is InChI=1S/C11H9ClN4O3/c12-8-5-13-15(6-8)7-11(17)14-9-1-3-10(4-2-9)16(18)19/h1-6H,7H2,(H,14,17). The molecule has 0 radical (unpaired) electrons. The Morgan fingerprint density at radius 1 is 1.42 bits per heavy atom. The van der Waals surface area contributed by atoms with Crippen molar-refractivity contribution in [3.05, 3.63) is 51.8 Å². The number of anilines is 1. The minimum Gasteiger partial charge on any atom is -0.324 e. The molecule has 1 aromatic carbocycles. The van der Waals surface area contributed by atoms with Crippen molar-refractivity contribution in [1.29, 1.82) is 0 Å². The summed E-state index contributed by atoms with van der Waals surface area (Å²) in [6, 6.07) is 5.57. The molecule has 0 saturated heterocycles. The highest BCUT2D eigenvalue weighted by Crippen LogP contribution is 2.15. The van der Waals surface area contributed by atoms with Crippen molar-refractivity contribution in [2.45, 2.75) is 6.54 Å². The molecule has 98 valence electrons. The Bertz CT molecular complexity index is 609. The van der Waals surface area contributed by atoms with E-state index in [4.69, 9.17) is 11.6 Å². The molecule has 8 heteroatoms. The Balaban J connectivity index is 1.97. The number of nitro benzene ring substituents is 1. The van der Waals surface area contributed by atoms with Gasteiger partial charge in [-0.1, -0.05) is 11.6 Å². The summed E-state index contributed by atoms with van der Waals surface area (Å²) in [6.45, 7) is 0.0176. The van der Waals surface area contributed by atoms with E-state index in [1.165, 1.54) is 41.3 Å². The fraction of sp³-hybridized carbons (Fsp3) is 0.0909. The van der Waals surface area contributed by atoms with E-state index in [2.05, 4.69) is 10.4 Å². The number of benzene rings is 1. The average molecular weight is 281 g/mol. The number of non-ortho nitro benzene ring substituents is 1. The van der Waals surface area contributed by atoms with Crippen LogP contribution < -0.4 is 5.32 Å². The molecule has 0 spiro atoms. The Hall–Kier alpha value is -2.41. The van der Waals surface area contributed by atoms with Gasteiger partial charge in [0, 0.05) is 24.0 Å². The third kappa shape index (κ3) is 3.52. The van der Waals surface area contributed by atoms with Crippen LogP contribution in [0.5, 0.6) is 0 Å². The molecular weight excluding hydrogens is 272 g/mol. The van der Waals surface area contributed by atoms with Crippen LogP contribution in [0, 0.1) is 10.1 Å². The van der Waals surface area contributed by atoms with Gasteiger partial charge in [-0.05, 0) is 12.1 Å². The molecule has 1 heterocycles. The third-order valence-electron chi connectivity index (χ3n) is 2.27. The number of hydrogen-bond donors (Lipinski definition) is 1. The number of hydrogen-bond acceptors (Lipinski definition) is 4. The number of amides is 1. The van der Waals surface area contributed by atoms with E-state index >= 15 is 0 Å². The molecular formula is C11H9ClN4O3. The van der Waals surface area contributed by atoms with Crippen LogP contribution >= 0.6 is 11.6 Å². The molecule has 0 unspecified atom stereocenters. The lowest BCUT2D eigenvalue weighted by atomic mass is 10.3. The van der Waals surface area contributed by atoms with Gasteiger partial charge in [-0.15, -0.1) is 0 Å². The molecule has 2 aromatic rings. The third-order valence-corrected chi connectivity index (χ3v) is 2.46. The average Bonchev–Trinajstić information content (AvgIpc) is 2.75. The molecule has 0 aliphatic heterocycles. The monoisotopic (exact) mass is 280 g/mol.